The third-order valence-corrected chi connectivity index (χ3v) is 5.50. The fourth-order valence-electron chi connectivity index (χ4n) is 3.93. The first-order valence-electron chi connectivity index (χ1n) is 10.2. The maximum atomic E-state index is 13.0. The Morgan fingerprint density at radius 1 is 1.07 bits per heavy atom. The molecule has 1 fully saturated rings. The summed E-state index contributed by atoms with van der Waals surface area (Å²) in [6.45, 7) is 3.74. The lowest BCUT2D eigenvalue weighted by Crippen LogP contribution is -2.29. The van der Waals surface area contributed by atoms with E-state index in [0.717, 1.165) is 18.7 Å². The molecular weight excluding hydrogens is 368 g/mol. The molecule has 1 amide bonds. The Morgan fingerprint density at radius 3 is 2.52 bits per heavy atom. The smallest absolute Gasteiger partial charge is 0.254 e. The third-order valence-electron chi connectivity index (χ3n) is 5.50. The van der Waals surface area contributed by atoms with Crippen molar-refractivity contribution >= 4 is 11.6 Å². The Morgan fingerprint density at radius 2 is 1.79 bits per heavy atom. The molecule has 0 aromatic heterocycles. The minimum Gasteiger partial charge on any atom is -0.493 e. The van der Waals surface area contributed by atoms with Crippen LogP contribution in [0, 0.1) is 0 Å². The number of carbonyl (C=O) groups excluding carboxylic acids is 1. The first kappa shape index (κ1) is 19.4. The molecule has 6 heteroatoms. The van der Waals surface area contributed by atoms with E-state index in [1.54, 1.807) is 24.1 Å². The molecule has 29 heavy (non-hydrogen) atoms. The summed E-state index contributed by atoms with van der Waals surface area (Å²) < 4.78 is 16.7. The van der Waals surface area contributed by atoms with Crippen molar-refractivity contribution in [2.75, 3.05) is 45.4 Å². The SMILES string of the molecule is COc1cc(C(=O)N(C)Cc2ccc(N3CCCCC3)cc2)cc2c1OCCO2. The fourth-order valence-corrected chi connectivity index (χ4v) is 3.93. The van der Waals surface area contributed by atoms with Gasteiger partial charge in [-0.2, -0.15) is 0 Å². The molecule has 0 saturated carbocycles. The Hall–Kier alpha value is -2.89. The van der Waals surface area contributed by atoms with Gasteiger partial charge < -0.3 is 24.0 Å². The van der Waals surface area contributed by atoms with Crippen LogP contribution in [-0.2, 0) is 6.54 Å². The minimum absolute atomic E-state index is 0.0830. The summed E-state index contributed by atoms with van der Waals surface area (Å²) in [4.78, 5) is 17.1. The topological polar surface area (TPSA) is 51.2 Å². The molecule has 0 spiro atoms. The van der Waals surface area contributed by atoms with Crippen molar-refractivity contribution in [3.63, 3.8) is 0 Å². The van der Waals surface area contributed by atoms with E-state index in [2.05, 4.69) is 29.2 Å². The molecule has 0 atom stereocenters. The van der Waals surface area contributed by atoms with Crippen molar-refractivity contribution in [2.45, 2.75) is 25.8 Å². The summed E-state index contributed by atoms with van der Waals surface area (Å²) >= 11 is 0. The summed E-state index contributed by atoms with van der Waals surface area (Å²) in [6.07, 6.45) is 3.85. The molecule has 2 aromatic rings. The van der Waals surface area contributed by atoms with Crippen LogP contribution in [0.2, 0.25) is 0 Å². The van der Waals surface area contributed by atoms with Gasteiger partial charge in [-0.15, -0.1) is 0 Å². The van der Waals surface area contributed by atoms with Crippen LogP contribution < -0.4 is 19.1 Å². The lowest BCUT2D eigenvalue weighted by atomic mass is 10.1. The quantitative estimate of drug-likeness (QED) is 0.771. The van der Waals surface area contributed by atoms with Crippen molar-refractivity contribution in [2.24, 2.45) is 0 Å². The maximum Gasteiger partial charge on any atom is 0.254 e. The molecule has 154 valence electrons. The Bertz CT molecular complexity index is 843. The van der Waals surface area contributed by atoms with E-state index < -0.39 is 0 Å². The second-order valence-electron chi connectivity index (χ2n) is 7.58. The van der Waals surface area contributed by atoms with Gasteiger partial charge in [-0.3, -0.25) is 4.79 Å². The molecule has 2 heterocycles. The number of ether oxygens (including phenoxy) is 3. The highest BCUT2D eigenvalue weighted by Gasteiger charge is 2.22. The highest BCUT2D eigenvalue weighted by atomic mass is 16.6. The zero-order valence-corrected chi connectivity index (χ0v) is 17.1. The number of carbonyl (C=O) groups is 1. The van der Waals surface area contributed by atoms with Crippen LogP contribution in [0.5, 0.6) is 17.2 Å². The highest BCUT2D eigenvalue weighted by Crippen LogP contribution is 2.40. The summed E-state index contributed by atoms with van der Waals surface area (Å²) in [7, 11) is 3.37. The van der Waals surface area contributed by atoms with E-state index in [0.29, 0.717) is 42.6 Å². The number of anilines is 1. The molecule has 6 nitrogen and oxygen atoms in total. The summed E-state index contributed by atoms with van der Waals surface area (Å²) in [5.41, 5.74) is 2.89. The number of nitrogens with zero attached hydrogens (tertiary/aromatic N) is 2. The van der Waals surface area contributed by atoms with E-state index in [9.17, 15) is 4.79 Å². The van der Waals surface area contributed by atoms with Crippen LogP contribution >= 0.6 is 0 Å². The molecule has 2 aliphatic heterocycles. The van der Waals surface area contributed by atoms with E-state index in [4.69, 9.17) is 14.2 Å². The number of benzene rings is 2. The molecule has 2 aliphatic rings. The Kier molecular flexibility index (Phi) is 5.79. The van der Waals surface area contributed by atoms with Crippen LogP contribution in [0.25, 0.3) is 0 Å². The second kappa shape index (κ2) is 8.64. The van der Waals surface area contributed by atoms with E-state index >= 15 is 0 Å². The lowest BCUT2D eigenvalue weighted by molar-refractivity contribution is 0.0783. The average molecular weight is 396 g/mol. The third kappa shape index (κ3) is 4.26. The van der Waals surface area contributed by atoms with Gasteiger partial charge in [-0.05, 0) is 49.1 Å². The summed E-state index contributed by atoms with van der Waals surface area (Å²) in [5.74, 6) is 1.55. The number of hydrogen-bond donors (Lipinski definition) is 0. The molecule has 0 N–H and O–H groups in total. The lowest BCUT2D eigenvalue weighted by Gasteiger charge is -2.29. The van der Waals surface area contributed by atoms with Gasteiger partial charge in [-0.1, -0.05) is 12.1 Å². The van der Waals surface area contributed by atoms with Gasteiger partial charge in [0, 0.05) is 37.9 Å². The number of methoxy groups -OCH3 is 1. The minimum atomic E-state index is -0.0830. The predicted molar refractivity (Wildman–Crippen MR) is 112 cm³/mol. The van der Waals surface area contributed by atoms with Gasteiger partial charge in [-0.25, -0.2) is 0 Å². The molecule has 0 radical (unpaired) electrons. The number of hydrogen-bond acceptors (Lipinski definition) is 5. The number of piperidine rings is 1. The van der Waals surface area contributed by atoms with Crippen molar-refractivity contribution < 1.29 is 19.0 Å². The van der Waals surface area contributed by atoms with Crippen molar-refractivity contribution in [3.05, 3.63) is 47.5 Å². The van der Waals surface area contributed by atoms with E-state index in [1.807, 2.05) is 7.05 Å². The number of rotatable bonds is 5. The molecule has 0 unspecified atom stereocenters. The van der Waals surface area contributed by atoms with Crippen molar-refractivity contribution in [3.8, 4) is 17.2 Å². The van der Waals surface area contributed by atoms with Crippen LogP contribution in [0.1, 0.15) is 35.2 Å². The predicted octanol–water partition coefficient (Wildman–Crippen LogP) is 3.73. The first-order valence-corrected chi connectivity index (χ1v) is 10.2. The molecule has 2 aromatic carbocycles. The normalized spacial score (nSPS) is 15.7. The maximum absolute atomic E-state index is 13.0. The molecule has 0 aliphatic carbocycles. The number of amides is 1. The summed E-state index contributed by atoms with van der Waals surface area (Å²) in [5, 5.41) is 0. The zero-order valence-electron chi connectivity index (χ0n) is 17.1. The second-order valence-corrected chi connectivity index (χ2v) is 7.58. The molecule has 4 rings (SSSR count). The van der Waals surface area contributed by atoms with E-state index in [1.165, 1.54) is 24.9 Å². The first-order chi connectivity index (χ1) is 14.2. The van der Waals surface area contributed by atoms with Crippen LogP contribution in [0.4, 0.5) is 5.69 Å². The highest BCUT2D eigenvalue weighted by molar-refractivity contribution is 5.95. The van der Waals surface area contributed by atoms with Crippen LogP contribution in [0.15, 0.2) is 36.4 Å². The van der Waals surface area contributed by atoms with E-state index in [-0.39, 0.29) is 5.91 Å². The van der Waals surface area contributed by atoms with Gasteiger partial charge in [0.1, 0.15) is 13.2 Å². The molecular formula is C23H28N2O4. The van der Waals surface area contributed by atoms with Crippen molar-refractivity contribution in [1.29, 1.82) is 0 Å². The van der Waals surface area contributed by atoms with Crippen LogP contribution in [-0.4, -0.2) is 51.3 Å². The monoisotopic (exact) mass is 396 g/mol. The summed E-state index contributed by atoms with van der Waals surface area (Å²) in [6, 6.07) is 12.0. The van der Waals surface area contributed by atoms with Gasteiger partial charge in [0.25, 0.3) is 5.91 Å². The number of fused-ring (bicyclic) bond motifs is 1. The Balaban J connectivity index is 1.45. The van der Waals surface area contributed by atoms with Gasteiger partial charge in [0.15, 0.2) is 11.5 Å². The largest absolute Gasteiger partial charge is 0.493 e. The van der Waals surface area contributed by atoms with Crippen molar-refractivity contribution in [1.82, 2.24) is 4.90 Å². The standard InChI is InChI=1S/C23H28N2O4/c1-24(16-17-6-8-19(9-7-17)25-10-4-3-5-11-25)23(26)18-14-20(27-2)22-21(15-18)28-12-13-29-22/h6-9,14-15H,3-5,10-13,16H2,1-2H3. The van der Waals surface area contributed by atoms with Gasteiger partial charge in [0.05, 0.1) is 7.11 Å². The molecule has 0 bridgehead atoms. The molecule has 1 saturated heterocycles. The van der Waals surface area contributed by atoms with Crippen LogP contribution in [0.3, 0.4) is 0 Å². The zero-order chi connectivity index (χ0) is 20.2. The average Bonchev–Trinajstić information content (AvgIpc) is 2.78. The fraction of sp³-hybridized carbons (Fsp3) is 0.435. The van der Waals surface area contributed by atoms with Gasteiger partial charge >= 0.3 is 0 Å². The van der Waals surface area contributed by atoms with Gasteiger partial charge in [0.2, 0.25) is 5.75 Å². The Labute approximate surface area is 172 Å².